The summed E-state index contributed by atoms with van der Waals surface area (Å²) in [6, 6.07) is 11.3. The standard InChI is InChI=1S/C13H11ClN4O/c14-11-8-13-17-16-12(18(13)9-15-11)6-7-19-10-4-2-1-3-5-10/h1-5,8-9H,6-7H2. The van der Waals surface area contributed by atoms with Crippen molar-refractivity contribution in [2.24, 2.45) is 0 Å². The van der Waals surface area contributed by atoms with Gasteiger partial charge in [0, 0.05) is 12.5 Å². The minimum Gasteiger partial charge on any atom is -0.493 e. The number of ether oxygens (including phenoxy) is 1. The first-order valence-corrected chi connectivity index (χ1v) is 6.24. The first kappa shape index (κ1) is 11.9. The third-order valence-electron chi connectivity index (χ3n) is 2.68. The molecular formula is C13H11ClN4O. The van der Waals surface area contributed by atoms with Gasteiger partial charge in [-0.3, -0.25) is 4.40 Å². The maximum Gasteiger partial charge on any atom is 0.165 e. The number of hydrogen-bond donors (Lipinski definition) is 0. The predicted octanol–water partition coefficient (Wildman–Crippen LogP) is 2.40. The Balaban J connectivity index is 1.69. The minimum atomic E-state index is 0.409. The van der Waals surface area contributed by atoms with Crippen molar-refractivity contribution >= 4 is 17.2 Å². The van der Waals surface area contributed by atoms with Crippen molar-refractivity contribution in [3.05, 3.63) is 53.7 Å². The fraction of sp³-hybridized carbons (Fsp3) is 0.154. The van der Waals surface area contributed by atoms with Crippen LogP contribution >= 0.6 is 11.6 Å². The van der Waals surface area contributed by atoms with Gasteiger partial charge < -0.3 is 4.74 Å². The zero-order valence-corrected chi connectivity index (χ0v) is 10.8. The van der Waals surface area contributed by atoms with E-state index in [0.717, 1.165) is 11.6 Å². The molecule has 2 heterocycles. The van der Waals surface area contributed by atoms with Gasteiger partial charge in [-0.05, 0) is 12.1 Å². The number of aromatic nitrogens is 4. The van der Waals surface area contributed by atoms with Gasteiger partial charge in [0.2, 0.25) is 0 Å². The first-order valence-electron chi connectivity index (χ1n) is 5.86. The average Bonchev–Trinajstić information content (AvgIpc) is 2.82. The van der Waals surface area contributed by atoms with Crippen LogP contribution in [0.15, 0.2) is 42.7 Å². The Morgan fingerprint density at radius 2 is 2.00 bits per heavy atom. The molecule has 5 nitrogen and oxygen atoms in total. The largest absolute Gasteiger partial charge is 0.493 e. The molecule has 0 N–H and O–H groups in total. The normalized spacial score (nSPS) is 10.8. The van der Waals surface area contributed by atoms with Crippen LogP contribution in [-0.2, 0) is 6.42 Å². The Morgan fingerprint density at radius 1 is 1.16 bits per heavy atom. The molecule has 0 fully saturated rings. The van der Waals surface area contributed by atoms with E-state index in [1.54, 1.807) is 16.8 Å². The number of benzene rings is 1. The molecule has 19 heavy (non-hydrogen) atoms. The van der Waals surface area contributed by atoms with E-state index in [2.05, 4.69) is 15.2 Å². The van der Waals surface area contributed by atoms with Gasteiger partial charge in [0.15, 0.2) is 5.65 Å². The molecule has 96 valence electrons. The van der Waals surface area contributed by atoms with Crippen molar-refractivity contribution in [2.75, 3.05) is 6.61 Å². The maximum absolute atomic E-state index is 5.80. The Morgan fingerprint density at radius 3 is 2.84 bits per heavy atom. The second-order valence-electron chi connectivity index (χ2n) is 3.97. The molecule has 0 saturated heterocycles. The monoisotopic (exact) mass is 274 g/mol. The Hall–Kier alpha value is -2.14. The molecule has 0 unspecified atom stereocenters. The van der Waals surface area contributed by atoms with Crippen LogP contribution in [0.2, 0.25) is 5.15 Å². The van der Waals surface area contributed by atoms with Gasteiger partial charge in [0.05, 0.1) is 6.61 Å². The summed E-state index contributed by atoms with van der Waals surface area (Å²) < 4.78 is 7.43. The smallest absolute Gasteiger partial charge is 0.165 e. The molecule has 0 aliphatic heterocycles. The fourth-order valence-corrected chi connectivity index (χ4v) is 1.91. The van der Waals surface area contributed by atoms with Gasteiger partial charge in [-0.25, -0.2) is 4.98 Å². The van der Waals surface area contributed by atoms with Gasteiger partial charge in [0.1, 0.15) is 23.1 Å². The third-order valence-corrected chi connectivity index (χ3v) is 2.88. The molecule has 3 aromatic rings. The van der Waals surface area contributed by atoms with Crippen molar-refractivity contribution in [1.29, 1.82) is 0 Å². The van der Waals surface area contributed by atoms with Crippen molar-refractivity contribution in [1.82, 2.24) is 19.6 Å². The molecule has 2 aromatic heterocycles. The van der Waals surface area contributed by atoms with Gasteiger partial charge in [-0.1, -0.05) is 29.8 Å². The van der Waals surface area contributed by atoms with E-state index in [-0.39, 0.29) is 0 Å². The van der Waals surface area contributed by atoms with E-state index < -0.39 is 0 Å². The Kier molecular flexibility index (Phi) is 3.29. The number of nitrogens with zero attached hydrogens (tertiary/aromatic N) is 4. The van der Waals surface area contributed by atoms with E-state index in [1.165, 1.54) is 0 Å². The summed E-state index contributed by atoms with van der Waals surface area (Å²) in [5, 5.41) is 8.55. The van der Waals surface area contributed by atoms with Crippen molar-refractivity contribution in [3.63, 3.8) is 0 Å². The lowest BCUT2D eigenvalue weighted by atomic mass is 10.3. The second-order valence-corrected chi connectivity index (χ2v) is 4.35. The quantitative estimate of drug-likeness (QED) is 0.686. The van der Waals surface area contributed by atoms with E-state index in [9.17, 15) is 0 Å². The van der Waals surface area contributed by atoms with Gasteiger partial charge in [-0.15, -0.1) is 10.2 Å². The summed E-state index contributed by atoms with van der Waals surface area (Å²) >= 11 is 5.80. The van der Waals surface area contributed by atoms with E-state index in [4.69, 9.17) is 16.3 Å². The topological polar surface area (TPSA) is 52.3 Å². The molecule has 0 spiro atoms. The lowest BCUT2D eigenvalue weighted by Crippen LogP contribution is -2.05. The van der Waals surface area contributed by atoms with Crippen LogP contribution < -0.4 is 4.74 Å². The predicted molar refractivity (Wildman–Crippen MR) is 71.4 cm³/mol. The lowest BCUT2D eigenvalue weighted by molar-refractivity contribution is 0.318. The molecule has 0 amide bonds. The van der Waals surface area contributed by atoms with Crippen LogP contribution in [0, 0.1) is 0 Å². The zero-order chi connectivity index (χ0) is 13.1. The summed E-state index contributed by atoms with van der Waals surface area (Å²) in [4.78, 5) is 4.01. The first-order chi connectivity index (χ1) is 9.33. The van der Waals surface area contributed by atoms with Gasteiger partial charge >= 0.3 is 0 Å². The molecule has 0 saturated carbocycles. The Bertz CT molecular complexity index is 683. The summed E-state index contributed by atoms with van der Waals surface area (Å²) in [6.45, 7) is 0.535. The van der Waals surface area contributed by atoms with Crippen LogP contribution in [0.5, 0.6) is 5.75 Å². The molecule has 0 atom stereocenters. The second kappa shape index (κ2) is 5.24. The molecule has 0 radical (unpaired) electrons. The summed E-state index contributed by atoms with van der Waals surface area (Å²) in [5.41, 5.74) is 0.690. The third kappa shape index (κ3) is 2.66. The van der Waals surface area contributed by atoms with Crippen molar-refractivity contribution in [2.45, 2.75) is 6.42 Å². The molecule has 6 heteroatoms. The zero-order valence-electron chi connectivity index (χ0n) is 10.0. The highest BCUT2D eigenvalue weighted by atomic mass is 35.5. The van der Waals surface area contributed by atoms with Crippen LogP contribution in [0.1, 0.15) is 5.82 Å². The highest BCUT2D eigenvalue weighted by Crippen LogP contribution is 2.11. The molecular weight excluding hydrogens is 264 g/mol. The van der Waals surface area contributed by atoms with E-state index in [1.807, 2.05) is 30.3 Å². The van der Waals surface area contributed by atoms with Crippen molar-refractivity contribution in [3.8, 4) is 5.75 Å². The SMILES string of the molecule is Clc1cc2nnc(CCOc3ccccc3)n2cn1. The fourth-order valence-electron chi connectivity index (χ4n) is 1.77. The van der Waals surface area contributed by atoms with Gasteiger partial charge in [0.25, 0.3) is 0 Å². The lowest BCUT2D eigenvalue weighted by Gasteiger charge is -2.04. The van der Waals surface area contributed by atoms with Crippen molar-refractivity contribution < 1.29 is 4.74 Å². The van der Waals surface area contributed by atoms with E-state index >= 15 is 0 Å². The number of hydrogen-bond acceptors (Lipinski definition) is 4. The summed E-state index contributed by atoms with van der Waals surface area (Å²) in [6.07, 6.45) is 2.27. The maximum atomic E-state index is 5.80. The van der Waals surface area contributed by atoms with Crippen LogP contribution in [0.4, 0.5) is 0 Å². The highest BCUT2D eigenvalue weighted by molar-refractivity contribution is 6.29. The Labute approximate surface area is 114 Å². The molecule has 3 rings (SSSR count). The minimum absolute atomic E-state index is 0.409. The average molecular weight is 275 g/mol. The summed E-state index contributed by atoms with van der Waals surface area (Å²) in [5.74, 6) is 1.65. The van der Waals surface area contributed by atoms with Crippen LogP contribution in [-0.4, -0.2) is 26.2 Å². The summed E-state index contributed by atoms with van der Waals surface area (Å²) in [7, 11) is 0. The number of rotatable bonds is 4. The molecule has 1 aromatic carbocycles. The van der Waals surface area contributed by atoms with Crippen LogP contribution in [0.25, 0.3) is 5.65 Å². The molecule has 0 bridgehead atoms. The molecule has 0 aliphatic rings. The number of fused-ring (bicyclic) bond motifs is 1. The van der Waals surface area contributed by atoms with E-state index in [0.29, 0.717) is 23.8 Å². The highest BCUT2D eigenvalue weighted by Gasteiger charge is 2.06. The number of halogens is 1. The van der Waals surface area contributed by atoms with Crippen LogP contribution in [0.3, 0.4) is 0 Å². The van der Waals surface area contributed by atoms with Gasteiger partial charge in [-0.2, -0.15) is 0 Å². The molecule has 0 aliphatic carbocycles. The number of para-hydroxylation sites is 1.